The minimum absolute atomic E-state index is 0.103. The maximum Gasteiger partial charge on any atom is 0.250 e. The molecule has 0 saturated heterocycles. The van der Waals surface area contributed by atoms with Crippen molar-refractivity contribution in [2.45, 2.75) is 13.5 Å². The lowest BCUT2D eigenvalue weighted by molar-refractivity contribution is 0.602. The van der Waals surface area contributed by atoms with Crippen LogP contribution in [-0.2, 0) is 23.6 Å². The Labute approximate surface area is 184 Å². The minimum atomic E-state index is -3.55. The van der Waals surface area contributed by atoms with Crippen LogP contribution in [0.15, 0.2) is 58.4 Å². The van der Waals surface area contributed by atoms with Gasteiger partial charge in [0, 0.05) is 36.0 Å². The molecular weight excluding hydrogens is 441 g/mol. The predicted molar refractivity (Wildman–Crippen MR) is 121 cm³/mol. The highest BCUT2D eigenvalue weighted by Gasteiger charge is 2.23. The lowest BCUT2D eigenvalue weighted by Gasteiger charge is -2.16. The van der Waals surface area contributed by atoms with Gasteiger partial charge in [-0.2, -0.15) is 0 Å². The molecule has 9 heteroatoms. The van der Waals surface area contributed by atoms with Crippen molar-refractivity contribution in [2.24, 2.45) is 12.0 Å². The van der Waals surface area contributed by atoms with Gasteiger partial charge in [-0.25, -0.2) is 12.8 Å². The van der Waals surface area contributed by atoms with Crippen LogP contribution in [0.1, 0.15) is 23.6 Å². The van der Waals surface area contributed by atoms with Crippen molar-refractivity contribution in [1.29, 1.82) is 0 Å². The molecule has 0 amide bonds. The largest absolute Gasteiger partial charge is 0.318 e. The van der Waals surface area contributed by atoms with Crippen LogP contribution in [0.4, 0.5) is 10.1 Å². The Morgan fingerprint density at radius 3 is 2.52 bits per heavy atom. The number of sulfonamides is 1. The fraction of sp³-hybridized carbons (Fsp3) is 0.182. The molecule has 2 heterocycles. The summed E-state index contributed by atoms with van der Waals surface area (Å²) in [5, 5.41) is 0.207. The zero-order valence-corrected chi connectivity index (χ0v) is 18.4. The Balaban J connectivity index is 2.00. The molecule has 0 bridgehead atoms. The molecule has 4 rings (SSSR count). The van der Waals surface area contributed by atoms with Crippen LogP contribution in [0, 0.1) is 5.82 Å². The molecular formula is C22H19ClFN3O3S. The molecule has 1 aromatic heterocycles. The third-order valence-electron chi connectivity index (χ3n) is 5.14. The van der Waals surface area contributed by atoms with Crippen molar-refractivity contribution in [1.82, 2.24) is 4.57 Å². The van der Waals surface area contributed by atoms with Crippen LogP contribution in [0.2, 0.25) is 5.02 Å². The number of halogens is 2. The van der Waals surface area contributed by atoms with Gasteiger partial charge >= 0.3 is 0 Å². The summed E-state index contributed by atoms with van der Waals surface area (Å²) in [4.78, 5) is 16.9. The quantitative estimate of drug-likeness (QED) is 0.641. The summed E-state index contributed by atoms with van der Waals surface area (Å²) < 4.78 is 41.7. The number of hydrogen-bond donors (Lipinski definition) is 1. The van der Waals surface area contributed by atoms with E-state index in [0.717, 1.165) is 5.56 Å². The van der Waals surface area contributed by atoms with Crippen LogP contribution in [-0.4, -0.2) is 24.4 Å². The Bertz CT molecular complexity index is 1380. The van der Waals surface area contributed by atoms with Crippen molar-refractivity contribution in [2.75, 3.05) is 10.5 Å². The molecule has 160 valence electrons. The Morgan fingerprint density at radius 2 is 1.84 bits per heavy atom. The van der Waals surface area contributed by atoms with Gasteiger partial charge in [-0.1, -0.05) is 11.6 Å². The summed E-state index contributed by atoms with van der Waals surface area (Å²) in [6.45, 7) is 1.77. The van der Waals surface area contributed by atoms with Gasteiger partial charge in [-0.3, -0.25) is 14.5 Å². The second kappa shape index (κ2) is 7.94. The highest BCUT2D eigenvalue weighted by atomic mass is 35.5. The molecule has 31 heavy (non-hydrogen) atoms. The number of aliphatic imine (C=N–C) groups is 1. The average molecular weight is 460 g/mol. The third kappa shape index (κ3) is 4.13. The van der Waals surface area contributed by atoms with E-state index in [2.05, 4.69) is 9.71 Å². The lowest BCUT2D eigenvalue weighted by atomic mass is 9.92. The van der Waals surface area contributed by atoms with Crippen LogP contribution >= 0.6 is 11.6 Å². The molecule has 0 spiro atoms. The fourth-order valence-corrected chi connectivity index (χ4v) is 4.37. The van der Waals surface area contributed by atoms with Gasteiger partial charge in [0.15, 0.2) is 0 Å². The standard InChI is InChI=1S/C22H19ClFN3O3S/c1-3-31(29,30)26-20-10-16-17(9-19(20)23)22(13-4-6-15(24)7-5-13)25-11-14-8-21(28)27(2)12-18(14)16/h4-10,12,26H,3,11H2,1-2H3. The molecule has 3 aromatic rings. The fourth-order valence-electron chi connectivity index (χ4n) is 3.46. The first-order chi connectivity index (χ1) is 14.7. The van der Waals surface area contributed by atoms with Gasteiger partial charge in [0.05, 0.1) is 28.7 Å². The number of aryl methyl sites for hydroxylation is 1. The maximum atomic E-state index is 13.5. The van der Waals surface area contributed by atoms with E-state index in [9.17, 15) is 17.6 Å². The van der Waals surface area contributed by atoms with E-state index in [4.69, 9.17) is 11.6 Å². The number of aromatic nitrogens is 1. The van der Waals surface area contributed by atoms with Crippen molar-refractivity contribution < 1.29 is 12.8 Å². The molecule has 0 unspecified atom stereocenters. The topological polar surface area (TPSA) is 80.5 Å². The molecule has 6 nitrogen and oxygen atoms in total. The van der Waals surface area contributed by atoms with Gasteiger partial charge in [-0.05, 0) is 54.4 Å². The van der Waals surface area contributed by atoms with E-state index in [1.807, 2.05) is 0 Å². The van der Waals surface area contributed by atoms with Crippen LogP contribution < -0.4 is 10.3 Å². The molecule has 0 radical (unpaired) electrons. The number of benzene rings is 2. The molecule has 1 aliphatic heterocycles. The normalized spacial score (nSPS) is 13.1. The summed E-state index contributed by atoms with van der Waals surface area (Å²) in [5.74, 6) is -0.472. The first-order valence-corrected chi connectivity index (χ1v) is 11.6. The van der Waals surface area contributed by atoms with E-state index in [1.165, 1.54) is 29.7 Å². The van der Waals surface area contributed by atoms with Crippen LogP contribution in [0.5, 0.6) is 0 Å². The summed E-state index contributed by atoms with van der Waals surface area (Å²) >= 11 is 6.44. The molecule has 1 N–H and O–H groups in total. The summed E-state index contributed by atoms with van der Waals surface area (Å²) in [6, 6.07) is 10.7. The Morgan fingerprint density at radius 1 is 1.13 bits per heavy atom. The predicted octanol–water partition coefficient (Wildman–Crippen LogP) is 3.96. The highest BCUT2D eigenvalue weighted by molar-refractivity contribution is 7.92. The van der Waals surface area contributed by atoms with E-state index >= 15 is 0 Å². The van der Waals surface area contributed by atoms with Crippen molar-refractivity contribution in [3.8, 4) is 11.1 Å². The summed E-state index contributed by atoms with van der Waals surface area (Å²) in [6.07, 6.45) is 1.70. The van der Waals surface area contributed by atoms with E-state index < -0.39 is 10.0 Å². The Hall–Kier alpha value is -2.97. The first-order valence-electron chi connectivity index (χ1n) is 9.53. The lowest BCUT2D eigenvalue weighted by Crippen LogP contribution is -2.17. The number of nitrogens with zero attached hydrogens (tertiary/aromatic N) is 2. The smallest absolute Gasteiger partial charge is 0.250 e. The summed E-state index contributed by atoms with van der Waals surface area (Å²) in [5.41, 5.74) is 4.09. The highest BCUT2D eigenvalue weighted by Crippen LogP contribution is 2.37. The second-order valence-electron chi connectivity index (χ2n) is 7.22. The number of nitrogens with one attached hydrogen (secondary N) is 1. The van der Waals surface area contributed by atoms with Gasteiger partial charge in [0.2, 0.25) is 10.0 Å². The minimum Gasteiger partial charge on any atom is -0.318 e. The Kier molecular flexibility index (Phi) is 5.45. The third-order valence-corrected chi connectivity index (χ3v) is 6.74. The molecule has 1 aliphatic rings. The monoisotopic (exact) mass is 459 g/mol. The molecule has 0 aliphatic carbocycles. The number of hydrogen-bond acceptors (Lipinski definition) is 4. The zero-order valence-electron chi connectivity index (χ0n) is 16.8. The van der Waals surface area contributed by atoms with Gasteiger partial charge in [0.1, 0.15) is 5.82 Å². The average Bonchev–Trinajstić information content (AvgIpc) is 2.86. The van der Waals surface area contributed by atoms with E-state index in [1.54, 1.807) is 37.5 Å². The maximum absolute atomic E-state index is 13.5. The molecule has 0 atom stereocenters. The number of fused-ring (bicyclic) bond motifs is 3. The first kappa shape index (κ1) is 21.3. The van der Waals surface area contributed by atoms with E-state index in [0.29, 0.717) is 28.0 Å². The molecule has 2 aromatic carbocycles. The van der Waals surface area contributed by atoms with Crippen LogP contribution in [0.25, 0.3) is 11.1 Å². The van der Waals surface area contributed by atoms with Crippen molar-refractivity contribution in [3.63, 3.8) is 0 Å². The number of anilines is 1. The van der Waals surface area contributed by atoms with Gasteiger partial charge in [0.25, 0.3) is 5.56 Å². The SMILES string of the molecule is CCS(=O)(=O)Nc1cc2c(cc1Cl)C(c1ccc(F)cc1)=NCc1cc(=O)n(C)cc1-2. The van der Waals surface area contributed by atoms with Crippen LogP contribution in [0.3, 0.4) is 0 Å². The van der Waals surface area contributed by atoms with Gasteiger partial charge in [-0.15, -0.1) is 0 Å². The van der Waals surface area contributed by atoms with Gasteiger partial charge < -0.3 is 4.57 Å². The van der Waals surface area contributed by atoms with Crippen molar-refractivity contribution >= 4 is 33.0 Å². The number of rotatable bonds is 4. The van der Waals surface area contributed by atoms with E-state index in [-0.39, 0.29) is 34.4 Å². The summed E-state index contributed by atoms with van der Waals surface area (Å²) in [7, 11) is -1.91. The zero-order chi connectivity index (χ0) is 22.3. The molecule has 0 saturated carbocycles. The molecule has 0 fully saturated rings. The second-order valence-corrected chi connectivity index (χ2v) is 9.63. The number of pyridine rings is 1. The van der Waals surface area contributed by atoms with Crippen molar-refractivity contribution in [3.05, 3.63) is 86.5 Å².